The van der Waals surface area contributed by atoms with E-state index < -0.39 is 10.8 Å². The number of thiophene rings is 1. The molecule has 0 aliphatic carbocycles. The van der Waals surface area contributed by atoms with Crippen LogP contribution in [0.1, 0.15) is 24.9 Å². The van der Waals surface area contributed by atoms with Crippen molar-refractivity contribution in [2.75, 3.05) is 44.7 Å². The predicted octanol–water partition coefficient (Wildman–Crippen LogP) is 1.90. The molecule has 2 rings (SSSR count). The highest BCUT2D eigenvalue weighted by Crippen LogP contribution is 2.23. The van der Waals surface area contributed by atoms with Gasteiger partial charge >= 0.3 is 6.03 Å². The Balaban J connectivity index is 1.70. The molecule has 5 nitrogen and oxygen atoms in total. The lowest BCUT2D eigenvalue weighted by Gasteiger charge is -2.37. The number of rotatable bonds is 6. The quantitative estimate of drug-likeness (QED) is 0.803. The fourth-order valence-electron chi connectivity index (χ4n) is 2.62. The normalized spacial score (nSPS) is 18.9. The van der Waals surface area contributed by atoms with Crippen molar-refractivity contribution in [2.24, 2.45) is 0 Å². The van der Waals surface area contributed by atoms with E-state index in [1.807, 2.05) is 4.90 Å². The highest BCUT2D eigenvalue weighted by atomic mass is 32.2. The summed E-state index contributed by atoms with van der Waals surface area (Å²) in [5, 5.41) is 7.22. The molecule has 7 heteroatoms. The van der Waals surface area contributed by atoms with Gasteiger partial charge in [-0.2, -0.15) is 11.3 Å². The standard InChI is InChI=1S/C15H25N3O2S2/c1-13(14-4-10-21-12-14)17-6-8-18(9-7-17)15(19)16-5-3-11-22(2)20/h4,10,12-13H,3,5-9,11H2,1-2H3,(H,16,19)/t13-,22-/m0/s1. The van der Waals surface area contributed by atoms with Crippen molar-refractivity contribution in [1.82, 2.24) is 15.1 Å². The molecule has 0 bridgehead atoms. The number of nitrogens with zero attached hydrogens (tertiary/aromatic N) is 2. The molecule has 22 heavy (non-hydrogen) atoms. The fourth-order valence-corrected chi connectivity index (χ4v) is 3.92. The van der Waals surface area contributed by atoms with Gasteiger partial charge in [-0.15, -0.1) is 0 Å². The third-order valence-corrected chi connectivity index (χ3v) is 5.62. The molecule has 1 fully saturated rings. The number of carbonyl (C=O) groups is 1. The minimum absolute atomic E-state index is 0.00437. The van der Waals surface area contributed by atoms with Crippen LogP contribution in [0.3, 0.4) is 0 Å². The van der Waals surface area contributed by atoms with Crippen LogP contribution in [0.5, 0.6) is 0 Å². The molecule has 2 amide bonds. The third kappa shape index (κ3) is 5.07. The molecule has 124 valence electrons. The Hall–Kier alpha value is -0.920. The average molecular weight is 344 g/mol. The van der Waals surface area contributed by atoms with E-state index >= 15 is 0 Å². The van der Waals surface area contributed by atoms with Crippen LogP contribution in [0.4, 0.5) is 4.79 Å². The Bertz CT molecular complexity index is 485. The lowest BCUT2D eigenvalue weighted by atomic mass is 10.1. The maximum Gasteiger partial charge on any atom is 0.317 e. The molecule has 1 aliphatic heterocycles. The van der Waals surface area contributed by atoms with Crippen LogP contribution in [-0.2, 0) is 10.8 Å². The first-order chi connectivity index (χ1) is 10.6. The van der Waals surface area contributed by atoms with E-state index in [0.717, 1.165) is 32.6 Å². The summed E-state index contributed by atoms with van der Waals surface area (Å²) in [5.41, 5.74) is 1.36. The summed E-state index contributed by atoms with van der Waals surface area (Å²) in [6, 6.07) is 2.59. The lowest BCUT2D eigenvalue weighted by molar-refractivity contribution is 0.114. The number of hydrogen-bond donors (Lipinski definition) is 1. The SMILES string of the molecule is C[C@@H](c1ccsc1)N1CCN(C(=O)NCCC[S@](C)=O)CC1. The second-order valence-electron chi connectivity index (χ2n) is 5.62. The molecular weight excluding hydrogens is 318 g/mol. The molecule has 2 atom stereocenters. The van der Waals surface area contributed by atoms with Gasteiger partial charge in [0.2, 0.25) is 0 Å². The summed E-state index contributed by atoms with van der Waals surface area (Å²) in [5.74, 6) is 0.645. The monoisotopic (exact) mass is 343 g/mol. The van der Waals surface area contributed by atoms with Gasteiger partial charge in [-0.25, -0.2) is 4.79 Å². The van der Waals surface area contributed by atoms with Crippen molar-refractivity contribution in [3.8, 4) is 0 Å². The van der Waals surface area contributed by atoms with Crippen molar-refractivity contribution in [3.63, 3.8) is 0 Å². The maximum atomic E-state index is 12.1. The lowest BCUT2D eigenvalue weighted by Crippen LogP contribution is -2.52. The number of amides is 2. The number of carbonyl (C=O) groups excluding carboxylic acids is 1. The molecule has 0 unspecified atom stereocenters. The second-order valence-corrected chi connectivity index (χ2v) is 7.95. The zero-order chi connectivity index (χ0) is 15.9. The van der Waals surface area contributed by atoms with Crippen LogP contribution in [0.15, 0.2) is 16.8 Å². The van der Waals surface area contributed by atoms with Gasteiger partial charge in [0.15, 0.2) is 0 Å². The minimum Gasteiger partial charge on any atom is -0.338 e. The molecular formula is C15H25N3O2S2. The Morgan fingerprint density at radius 2 is 2.14 bits per heavy atom. The summed E-state index contributed by atoms with van der Waals surface area (Å²) in [6.45, 7) is 6.17. The number of urea groups is 1. The summed E-state index contributed by atoms with van der Waals surface area (Å²) in [4.78, 5) is 16.4. The van der Waals surface area contributed by atoms with Crippen LogP contribution in [-0.4, -0.2) is 64.8 Å². The fraction of sp³-hybridized carbons (Fsp3) is 0.667. The summed E-state index contributed by atoms with van der Waals surface area (Å²) in [6.07, 6.45) is 2.46. The molecule has 2 heterocycles. The highest BCUT2D eigenvalue weighted by Gasteiger charge is 2.24. The summed E-state index contributed by atoms with van der Waals surface area (Å²) in [7, 11) is -0.781. The van der Waals surface area contributed by atoms with Crippen molar-refractivity contribution in [2.45, 2.75) is 19.4 Å². The van der Waals surface area contributed by atoms with Gasteiger partial charge in [-0.3, -0.25) is 9.11 Å². The molecule has 0 spiro atoms. The van der Waals surface area contributed by atoms with Gasteiger partial charge in [0.1, 0.15) is 0 Å². The number of hydrogen-bond acceptors (Lipinski definition) is 4. The topological polar surface area (TPSA) is 52.6 Å². The second kappa shape index (κ2) is 8.64. The van der Waals surface area contributed by atoms with Crippen molar-refractivity contribution in [1.29, 1.82) is 0 Å². The van der Waals surface area contributed by atoms with E-state index in [1.54, 1.807) is 17.6 Å². The van der Waals surface area contributed by atoms with E-state index in [4.69, 9.17) is 0 Å². The molecule has 1 aliphatic rings. The first-order valence-electron chi connectivity index (χ1n) is 7.67. The molecule has 0 radical (unpaired) electrons. The molecule has 0 saturated carbocycles. The maximum absolute atomic E-state index is 12.1. The zero-order valence-corrected chi connectivity index (χ0v) is 14.9. The highest BCUT2D eigenvalue weighted by molar-refractivity contribution is 7.84. The first kappa shape index (κ1) is 17.4. The summed E-state index contributed by atoms with van der Waals surface area (Å²) < 4.78 is 11.0. The van der Waals surface area contributed by atoms with E-state index in [9.17, 15) is 9.00 Å². The van der Waals surface area contributed by atoms with E-state index in [2.05, 4.69) is 34.0 Å². The van der Waals surface area contributed by atoms with Crippen LogP contribution in [0.2, 0.25) is 0 Å². The third-order valence-electron chi connectivity index (χ3n) is 4.06. The smallest absolute Gasteiger partial charge is 0.317 e. The average Bonchev–Trinajstić information content (AvgIpc) is 3.05. The van der Waals surface area contributed by atoms with E-state index in [-0.39, 0.29) is 6.03 Å². The van der Waals surface area contributed by atoms with Gasteiger partial charge in [-0.1, -0.05) is 0 Å². The van der Waals surface area contributed by atoms with Crippen molar-refractivity contribution >= 4 is 28.2 Å². The molecule has 1 aromatic heterocycles. The van der Waals surface area contributed by atoms with Crippen LogP contribution >= 0.6 is 11.3 Å². The Kier molecular flexibility index (Phi) is 6.85. The van der Waals surface area contributed by atoms with Crippen LogP contribution in [0.25, 0.3) is 0 Å². The zero-order valence-electron chi connectivity index (χ0n) is 13.3. The van der Waals surface area contributed by atoms with Gasteiger partial charge in [-0.05, 0) is 35.7 Å². The Morgan fingerprint density at radius 1 is 1.41 bits per heavy atom. The van der Waals surface area contributed by atoms with E-state index in [0.29, 0.717) is 18.3 Å². The molecule has 1 saturated heterocycles. The van der Waals surface area contributed by atoms with E-state index in [1.165, 1.54) is 5.56 Å². The molecule has 1 N–H and O–H groups in total. The Morgan fingerprint density at radius 3 is 2.73 bits per heavy atom. The summed E-state index contributed by atoms with van der Waals surface area (Å²) >= 11 is 1.73. The molecule has 1 aromatic rings. The van der Waals surface area contributed by atoms with Crippen LogP contribution < -0.4 is 5.32 Å². The van der Waals surface area contributed by atoms with Crippen molar-refractivity contribution in [3.05, 3.63) is 22.4 Å². The van der Waals surface area contributed by atoms with Crippen molar-refractivity contribution < 1.29 is 9.00 Å². The number of piperazine rings is 1. The van der Waals surface area contributed by atoms with Gasteiger partial charge < -0.3 is 10.2 Å². The molecule has 0 aromatic carbocycles. The van der Waals surface area contributed by atoms with Gasteiger partial charge in [0, 0.05) is 61.6 Å². The largest absolute Gasteiger partial charge is 0.338 e. The van der Waals surface area contributed by atoms with Crippen LogP contribution in [0, 0.1) is 0 Å². The Labute approximate surface area is 139 Å². The first-order valence-corrected chi connectivity index (χ1v) is 10.3. The van der Waals surface area contributed by atoms with Gasteiger partial charge in [0.25, 0.3) is 0 Å². The number of nitrogens with one attached hydrogen (secondary N) is 1. The van der Waals surface area contributed by atoms with Gasteiger partial charge in [0.05, 0.1) is 0 Å². The predicted molar refractivity (Wildman–Crippen MR) is 92.8 cm³/mol. The minimum atomic E-state index is -0.781.